The molecular formula is C36H40O7. The fourth-order valence-corrected chi connectivity index (χ4v) is 5.80. The fraction of sp³-hybridized carbons (Fsp3) is 0.333. The summed E-state index contributed by atoms with van der Waals surface area (Å²) in [5.74, 6) is 3.10. The molecular weight excluding hydrogens is 544 g/mol. The number of aryl methyl sites for hydroxylation is 1. The summed E-state index contributed by atoms with van der Waals surface area (Å²) in [5, 5.41) is 11.5. The number of aliphatic hydroxyl groups is 1. The van der Waals surface area contributed by atoms with E-state index in [2.05, 4.69) is 0 Å². The van der Waals surface area contributed by atoms with Gasteiger partial charge in [-0.05, 0) is 60.6 Å². The van der Waals surface area contributed by atoms with Crippen molar-refractivity contribution < 1.29 is 33.5 Å². The lowest BCUT2D eigenvalue weighted by Crippen LogP contribution is -2.27. The highest BCUT2D eigenvalue weighted by molar-refractivity contribution is 5.88. The van der Waals surface area contributed by atoms with E-state index in [4.69, 9.17) is 28.4 Å². The van der Waals surface area contributed by atoms with Crippen molar-refractivity contribution in [3.63, 3.8) is 0 Å². The third kappa shape index (κ3) is 6.52. The molecule has 0 saturated heterocycles. The van der Waals surface area contributed by atoms with Gasteiger partial charge in [0.1, 0.15) is 13.2 Å². The van der Waals surface area contributed by atoms with Gasteiger partial charge in [0.15, 0.2) is 23.0 Å². The molecule has 7 nitrogen and oxygen atoms in total. The maximum absolute atomic E-state index is 11.5. The number of benzene rings is 4. The topological polar surface area (TPSA) is 75.6 Å². The molecule has 0 saturated carbocycles. The minimum absolute atomic E-state index is 0.322. The van der Waals surface area contributed by atoms with E-state index in [0.717, 1.165) is 39.8 Å². The van der Waals surface area contributed by atoms with Crippen LogP contribution in [0.15, 0.2) is 72.8 Å². The van der Waals surface area contributed by atoms with E-state index in [-0.39, 0.29) is 0 Å². The van der Waals surface area contributed by atoms with Crippen LogP contribution in [0.4, 0.5) is 0 Å². The average Bonchev–Trinajstić information content (AvgIpc) is 3.07. The van der Waals surface area contributed by atoms with Gasteiger partial charge in [0.05, 0.1) is 34.0 Å². The number of rotatable bonds is 10. The maximum Gasteiger partial charge on any atom is 0.204 e. The molecule has 0 radical (unpaired) electrons. The molecule has 1 unspecified atom stereocenters. The van der Waals surface area contributed by atoms with Gasteiger partial charge in [0.2, 0.25) is 11.5 Å². The Labute approximate surface area is 253 Å². The van der Waals surface area contributed by atoms with Gasteiger partial charge in [0.25, 0.3) is 0 Å². The van der Waals surface area contributed by atoms with Gasteiger partial charge in [-0.3, -0.25) is 0 Å². The number of methoxy groups -OCH3 is 4. The molecule has 0 fully saturated rings. The van der Waals surface area contributed by atoms with Crippen molar-refractivity contribution in [1.82, 2.24) is 0 Å². The highest BCUT2D eigenvalue weighted by Gasteiger charge is 2.34. The van der Waals surface area contributed by atoms with Crippen LogP contribution in [0.2, 0.25) is 0 Å². The van der Waals surface area contributed by atoms with E-state index in [1.54, 1.807) is 28.4 Å². The van der Waals surface area contributed by atoms with E-state index in [9.17, 15) is 5.11 Å². The van der Waals surface area contributed by atoms with Crippen molar-refractivity contribution in [2.45, 2.75) is 51.4 Å². The lowest BCUT2D eigenvalue weighted by Gasteiger charge is -2.27. The zero-order valence-electron chi connectivity index (χ0n) is 25.6. The van der Waals surface area contributed by atoms with E-state index < -0.39 is 5.60 Å². The van der Waals surface area contributed by atoms with Crippen molar-refractivity contribution >= 4 is 0 Å². The molecule has 1 aliphatic rings. The predicted octanol–water partition coefficient (Wildman–Crippen LogP) is 7.18. The van der Waals surface area contributed by atoms with E-state index >= 15 is 0 Å². The SMILES string of the molecule is COc1cc2c(c(OC)c1OCc1ccccc1)-c1c(cc(OC)c(OCc3ccccc3)c1OC)CC(C)(O)CCC2. The van der Waals surface area contributed by atoms with Crippen molar-refractivity contribution in [2.75, 3.05) is 28.4 Å². The Balaban J connectivity index is 1.75. The number of hydrogen-bond donors (Lipinski definition) is 1. The van der Waals surface area contributed by atoms with E-state index in [0.29, 0.717) is 67.0 Å². The van der Waals surface area contributed by atoms with Crippen LogP contribution in [0, 0.1) is 0 Å². The molecule has 1 aliphatic carbocycles. The van der Waals surface area contributed by atoms with Gasteiger partial charge in [-0.2, -0.15) is 0 Å². The summed E-state index contributed by atoms with van der Waals surface area (Å²) in [7, 11) is 6.50. The highest BCUT2D eigenvalue weighted by atomic mass is 16.5. The molecule has 0 bridgehead atoms. The summed E-state index contributed by atoms with van der Waals surface area (Å²) in [5.41, 5.74) is 4.52. The van der Waals surface area contributed by atoms with Gasteiger partial charge >= 0.3 is 0 Å². The van der Waals surface area contributed by atoms with Crippen LogP contribution < -0.4 is 28.4 Å². The summed E-state index contributed by atoms with van der Waals surface area (Å²) in [6.45, 7) is 2.53. The molecule has 7 heteroatoms. The first-order valence-electron chi connectivity index (χ1n) is 14.5. The van der Waals surface area contributed by atoms with Gasteiger partial charge in [0, 0.05) is 17.5 Å². The average molecular weight is 585 g/mol. The molecule has 43 heavy (non-hydrogen) atoms. The quantitative estimate of drug-likeness (QED) is 0.212. The van der Waals surface area contributed by atoms with Crippen LogP contribution >= 0.6 is 0 Å². The van der Waals surface area contributed by atoms with Gasteiger partial charge in [-0.15, -0.1) is 0 Å². The lowest BCUT2D eigenvalue weighted by atomic mass is 9.87. The number of fused-ring (bicyclic) bond motifs is 3. The first-order chi connectivity index (χ1) is 20.9. The molecule has 4 aromatic rings. The Morgan fingerprint density at radius 3 is 1.56 bits per heavy atom. The smallest absolute Gasteiger partial charge is 0.204 e. The van der Waals surface area contributed by atoms with Gasteiger partial charge in [-0.1, -0.05) is 60.7 Å². The minimum Gasteiger partial charge on any atom is -0.493 e. The Hall–Kier alpha value is -4.36. The second kappa shape index (κ2) is 13.3. The normalized spacial score (nSPS) is 16.0. The Morgan fingerprint density at radius 1 is 0.628 bits per heavy atom. The van der Waals surface area contributed by atoms with Crippen molar-refractivity contribution in [1.29, 1.82) is 0 Å². The molecule has 1 atom stereocenters. The molecule has 0 heterocycles. The second-order valence-electron chi connectivity index (χ2n) is 11.0. The van der Waals surface area contributed by atoms with Crippen LogP contribution in [-0.4, -0.2) is 39.1 Å². The number of ether oxygens (including phenoxy) is 6. The Kier molecular flexibility index (Phi) is 9.31. The van der Waals surface area contributed by atoms with Crippen LogP contribution in [-0.2, 0) is 26.1 Å². The third-order valence-electron chi connectivity index (χ3n) is 7.85. The summed E-state index contributed by atoms with van der Waals surface area (Å²) in [6.07, 6.45) is 2.44. The molecule has 0 amide bonds. The standard InChI is InChI=1S/C36H40O7/c1-36(37)18-12-17-26-19-28(38-2)32(42-22-24-13-8-6-9-14-24)34(40-4)30(26)31-27(21-36)20-29(39-3)33(35(31)41-5)43-23-25-15-10-7-11-16-25/h6-11,13-16,19-20,37H,12,17-18,21-23H2,1-5H3. The molecule has 5 rings (SSSR count). The van der Waals surface area contributed by atoms with Crippen LogP contribution in [0.3, 0.4) is 0 Å². The van der Waals surface area contributed by atoms with Crippen molar-refractivity contribution in [3.05, 3.63) is 95.1 Å². The molecule has 0 spiro atoms. The fourth-order valence-electron chi connectivity index (χ4n) is 5.80. The second-order valence-corrected chi connectivity index (χ2v) is 11.0. The van der Waals surface area contributed by atoms with Crippen LogP contribution in [0.25, 0.3) is 11.1 Å². The summed E-state index contributed by atoms with van der Waals surface area (Å²) in [6, 6.07) is 23.9. The molecule has 0 aliphatic heterocycles. The summed E-state index contributed by atoms with van der Waals surface area (Å²) in [4.78, 5) is 0. The first kappa shape index (κ1) is 30.1. The Bertz CT molecular complexity index is 1530. The zero-order chi connectivity index (χ0) is 30.4. The van der Waals surface area contributed by atoms with Crippen molar-refractivity contribution in [3.8, 4) is 45.6 Å². The molecule has 226 valence electrons. The largest absolute Gasteiger partial charge is 0.493 e. The summed E-state index contributed by atoms with van der Waals surface area (Å²) < 4.78 is 36.8. The van der Waals surface area contributed by atoms with E-state index in [1.165, 1.54) is 0 Å². The number of hydrogen-bond acceptors (Lipinski definition) is 7. The van der Waals surface area contributed by atoms with E-state index in [1.807, 2.05) is 79.7 Å². The summed E-state index contributed by atoms with van der Waals surface area (Å²) >= 11 is 0. The monoisotopic (exact) mass is 584 g/mol. The molecule has 1 N–H and O–H groups in total. The van der Waals surface area contributed by atoms with Gasteiger partial charge in [-0.25, -0.2) is 0 Å². The Morgan fingerprint density at radius 2 is 1.09 bits per heavy atom. The minimum atomic E-state index is -0.955. The highest BCUT2D eigenvalue weighted by Crippen LogP contribution is 2.55. The first-order valence-corrected chi connectivity index (χ1v) is 14.5. The van der Waals surface area contributed by atoms with Gasteiger partial charge < -0.3 is 33.5 Å². The third-order valence-corrected chi connectivity index (χ3v) is 7.85. The molecule has 4 aromatic carbocycles. The van der Waals surface area contributed by atoms with Crippen LogP contribution in [0.1, 0.15) is 42.0 Å². The van der Waals surface area contributed by atoms with Crippen molar-refractivity contribution in [2.24, 2.45) is 0 Å². The van der Waals surface area contributed by atoms with Crippen LogP contribution in [0.5, 0.6) is 34.5 Å². The molecule has 0 aromatic heterocycles. The predicted molar refractivity (Wildman–Crippen MR) is 167 cm³/mol. The zero-order valence-corrected chi connectivity index (χ0v) is 25.6. The maximum atomic E-state index is 11.5. The lowest BCUT2D eigenvalue weighted by molar-refractivity contribution is 0.0495.